The SMILES string of the molecule is CC/C=C\CC(O)/C=C/C=C/C/C=C\C/C=C\C/C=C\CCC(=O)O[C@H](COC(=O)CCCCCC/C=C\C/C=C\C/C=C\CCCCC)COP(=O)(O)OP(=O)(O)OC[C@H]1O[C@@H](n2ccc(N)nc2=O)[C@H](O)[C@@H]1O. The molecular formula is C54H83N3O16P2. The van der Waals surface area contributed by atoms with E-state index in [2.05, 4.69) is 52.7 Å². The number of ether oxygens (including phenoxy) is 3. The molecule has 21 heteroatoms. The number of hydrogen-bond acceptors (Lipinski definition) is 16. The Balaban J connectivity index is 1.85. The van der Waals surface area contributed by atoms with Gasteiger partial charge in [0.2, 0.25) is 0 Å². The van der Waals surface area contributed by atoms with Crippen molar-refractivity contribution in [2.24, 2.45) is 0 Å². The van der Waals surface area contributed by atoms with Crippen LogP contribution in [0.3, 0.4) is 0 Å². The molecule has 1 aromatic heterocycles. The lowest BCUT2D eigenvalue weighted by Crippen LogP contribution is -2.36. The average Bonchev–Trinajstić information content (AvgIpc) is 3.64. The van der Waals surface area contributed by atoms with Crippen molar-refractivity contribution < 1.29 is 71.4 Å². The van der Waals surface area contributed by atoms with Crippen LogP contribution in [0.5, 0.6) is 0 Å². The van der Waals surface area contributed by atoms with Crippen LogP contribution in [0.1, 0.15) is 142 Å². The van der Waals surface area contributed by atoms with E-state index in [0.29, 0.717) is 19.3 Å². The molecule has 0 aliphatic carbocycles. The number of rotatable bonds is 41. The minimum absolute atomic E-state index is 0.0710. The summed E-state index contributed by atoms with van der Waals surface area (Å²) in [7, 11) is -10.9. The maximum atomic E-state index is 12.9. The normalized spacial score (nSPS) is 20.1. The van der Waals surface area contributed by atoms with Gasteiger partial charge in [0, 0.05) is 19.0 Å². The van der Waals surface area contributed by atoms with Crippen LogP contribution >= 0.6 is 15.6 Å². The lowest BCUT2D eigenvalue weighted by Gasteiger charge is -2.21. The number of carbonyl (C=O) groups is 2. The molecule has 8 atom stereocenters. The zero-order chi connectivity index (χ0) is 55.0. The standard InChI is InChI=1S/C54H83N3O16P2/c1-3-5-7-8-9-10-11-12-13-14-15-18-21-24-27-30-34-38-49(59)68-42-46(71-50(60)39-35-31-28-25-22-19-16-17-20-23-26-29-33-37-45(58)36-32-6-4-2)43-69-74(64,65)73-75(66,67)70-44-47-51(61)52(62)53(72-47)57-41-40-48(55)56-54(57)63/h6,9-10,12-13,15,17-20,22,26,28-29,31-33,37,40-41,45-47,51-53,58,61-62H,3-5,7-8,11,14,16,21,23-25,27,30,34-36,38-39,42-44H2,1-2H3,(H,64,65)(H,66,67)(H2,55,56,63)/b10-9-,13-12-,18-15-,20-17-,22-19-,29-26+,31-28-,32-6-,37-33+/t45?,46-,47-,51-,52-,53-/m1/s1. The lowest BCUT2D eigenvalue weighted by atomic mass is 10.1. The van der Waals surface area contributed by atoms with E-state index in [-0.39, 0.29) is 25.1 Å². The number of phosphoric ester groups is 2. The van der Waals surface area contributed by atoms with Crippen molar-refractivity contribution in [3.05, 3.63) is 132 Å². The number of allylic oxidation sites excluding steroid dienone is 16. The first-order valence-corrected chi connectivity index (χ1v) is 29.0. The Labute approximate surface area is 443 Å². The zero-order valence-electron chi connectivity index (χ0n) is 43.7. The Morgan fingerprint density at radius 3 is 1.93 bits per heavy atom. The maximum absolute atomic E-state index is 12.9. The summed E-state index contributed by atoms with van der Waals surface area (Å²) in [5.41, 5.74) is 4.57. The molecule has 19 nitrogen and oxygen atoms in total. The fourth-order valence-electron chi connectivity index (χ4n) is 6.90. The second-order valence-corrected chi connectivity index (χ2v) is 20.5. The number of aromatic nitrogens is 2. The molecule has 420 valence electrons. The summed E-state index contributed by atoms with van der Waals surface area (Å²) in [5, 5.41) is 30.8. The van der Waals surface area contributed by atoms with E-state index in [9.17, 15) is 48.6 Å². The van der Waals surface area contributed by atoms with Crippen LogP contribution < -0.4 is 11.4 Å². The van der Waals surface area contributed by atoms with Crippen LogP contribution in [0.4, 0.5) is 5.82 Å². The van der Waals surface area contributed by atoms with Gasteiger partial charge in [-0.15, -0.1) is 0 Å². The molecule has 1 aromatic rings. The van der Waals surface area contributed by atoms with Gasteiger partial charge < -0.3 is 45.1 Å². The number of unbranched alkanes of at least 4 members (excludes halogenated alkanes) is 7. The van der Waals surface area contributed by atoms with Crippen molar-refractivity contribution in [3.63, 3.8) is 0 Å². The number of carbonyl (C=O) groups excluding carboxylic acids is 2. The van der Waals surface area contributed by atoms with Gasteiger partial charge in [0.25, 0.3) is 0 Å². The van der Waals surface area contributed by atoms with Crippen molar-refractivity contribution >= 4 is 33.4 Å². The van der Waals surface area contributed by atoms with E-state index in [1.165, 1.54) is 25.3 Å². The van der Waals surface area contributed by atoms with Gasteiger partial charge >= 0.3 is 33.3 Å². The summed E-state index contributed by atoms with van der Waals surface area (Å²) in [6.07, 6.45) is 43.6. The van der Waals surface area contributed by atoms with Crippen LogP contribution in [-0.2, 0) is 46.3 Å². The van der Waals surface area contributed by atoms with Gasteiger partial charge in [0.15, 0.2) is 12.3 Å². The van der Waals surface area contributed by atoms with Gasteiger partial charge in [0.1, 0.15) is 30.7 Å². The Kier molecular flexibility index (Phi) is 36.0. The van der Waals surface area contributed by atoms with Crippen LogP contribution in [-0.4, -0.2) is 96.9 Å². The predicted octanol–water partition coefficient (Wildman–Crippen LogP) is 9.97. The van der Waals surface area contributed by atoms with Gasteiger partial charge in [-0.05, 0) is 89.5 Å². The number of aliphatic hydroxyl groups excluding tert-OH is 3. The maximum Gasteiger partial charge on any atom is 0.481 e. The molecular weight excluding hydrogens is 1010 g/mol. The molecule has 0 radical (unpaired) electrons. The summed E-state index contributed by atoms with van der Waals surface area (Å²) >= 11 is 0. The van der Waals surface area contributed by atoms with Gasteiger partial charge in [-0.2, -0.15) is 9.29 Å². The molecule has 0 aromatic carbocycles. The van der Waals surface area contributed by atoms with Crippen molar-refractivity contribution in [2.45, 2.75) is 173 Å². The van der Waals surface area contributed by atoms with Crippen LogP contribution in [0.25, 0.3) is 0 Å². The minimum atomic E-state index is -5.46. The third-order valence-electron chi connectivity index (χ3n) is 10.9. The summed E-state index contributed by atoms with van der Waals surface area (Å²) in [6, 6.07) is 1.24. The van der Waals surface area contributed by atoms with E-state index in [1.54, 1.807) is 12.2 Å². The van der Waals surface area contributed by atoms with Crippen LogP contribution in [0.2, 0.25) is 0 Å². The molecule has 1 aliphatic heterocycles. The number of nitrogens with two attached hydrogens (primary N) is 1. The molecule has 2 rings (SSSR count). The van der Waals surface area contributed by atoms with Crippen molar-refractivity contribution in [1.29, 1.82) is 0 Å². The van der Waals surface area contributed by atoms with Gasteiger partial charge in [0.05, 0.1) is 19.3 Å². The van der Waals surface area contributed by atoms with Gasteiger partial charge in [-0.3, -0.25) is 23.2 Å². The molecule has 0 spiro atoms. The van der Waals surface area contributed by atoms with Crippen molar-refractivity contribution in [2.75, 3.05) is 25.6 Å². The van der Waals surface area contributed by atoms with Crippen LogP contribution in [0, 0.1) is 0 Å². The van der Waals surface area contributed by atoms with E-state index in [4.69, 9.17) is 29.0 Å². The third kappa shape index (κ3) is 33.2. The Morgan fingerprint density at radius 1 is 0.720 bits per heavy atom. The number of esters is 2. The summed E-state index contributed by atoms with van der Waals surface area (Å²) < 4.78 is 56.7. The topological polar surface area (TPSA) is 286 Å². The second-order valence-electron chi connectivity index (χ2n) is 17.5. The largest absolute Gasteiger partial charge is 0.481 e. The molecule has 0 bridgehead atoms. The van der Waals surface area contributed by atoms with E-state index >= 15 is 0 Å². The number of anilines is 1. The molecule has 1 fully saturated rings. The Hall–Kier alpha value is -4.62. The Bertz CT molecular complexity index is 2200. The van der Waals surface area contributed by atoms with E-state index in [1.807, 2.05) is 67.7 Å². The quantitative estimate of drug-likeness (QED) is 0.0117. The molecule has 7 N–H and O–H groups in total. The smallest absolute Gasteiger partial charge is 0.462 e. The number of nitrogen functional groups attached to an aromatic ring is 1. The molecule has 2 heterocycles. The highest BCUT2D eigenvalue weighted by molar-refractivity contribution is 7.61. The van der Waals surface area contributed by atoms with Crippen LogP contribution in [0.15, 0.2) is 126 Å². The number of nitrogens with zero attached hydrogens (tertiary/aromatic N) is 2. The van der Waals surface area contributed by atoms with E-state index in [0.717, 1.165) is 75.0 Å². The number of aliphatic hydroxyl groups is 3. The highest BCUT2D eigenvalue weighted by Gasteiger charge is 2.46. The first-order chi connectivity index (χ1) is 36.1. The summed E-state index contributed by atoms with van der Waals surface area (Å²) in [5.74, 6) is -1.46. The van der Waals surface area contributed by atoms with Crippen molar-refractivity contribution in [3.8, 4) is 0 Å². The minimum Gasteiger partial charge on any atom is -0.462 e. The first-order valence-electron chi connectivity index (χ1n) is 26.0. The van der Waals surface area contributed by atoms with E-state index < -0.39 is 89.8 Å². The van der Waals surface area contributed by atoms with Gasteiger partial charge in [-0.1, -0.05) is 149 Å². The third-order valence-corrected chi connectivity index (χ3v) is 13.5. The van der Waals surface area contributed by atoms with Crippen molar-refractivity contribution in [1.82, 2.24) is 9.55 Å². The zero-order valence-corrected chi connectivity index (χ0v) is 45.4. The second kappa shape index (κ2) is 40.6. The number of phosphoric acid groups is 2. The van der Waals surface area contributed by atoms with Gasteiger partial charge in [-0.25, -0.2) is 13.9 Å². The fourth-order valence-corrected chi connectivity index (χ4v) is 9.01. The first kappa shape index (κ1) is 66.5. The fraction of sp³-hybridized carbons (Fsp3) is 0.556. The summed E-state index contributed by atoms with van der Waals surface area (Å²) in [6.45, 7) is 1.81. The Morgan fingerprint density at radius 2 is 1.31 bits per heavy atom. The predicted molar refractivity (Wildman–Crippen MR) is 290 cm³/mol. The summed E-state index contributed by atoms with van der Waals surface area (Å²) in [4.78, 5) is 61.9. The lowest BCUT2D eigenvalue weighted by molar-refractivity contribution is -0.161. The molecule has 3 unspecified atom stereocenters. The average molecular weight is 1090 g/mol. The highest BCUT2D eigenvalue weighted by Crippen LogP contribution is 2.60. The number of hydrogen-bond donors (Lipinski definition) is 6. The molecule has 75 heavy (non-hydrogen) atoms. The molecule has 1 saturated heterocycles. The monoisotopic (exact) mass is 1090 g/mol. The highest BCUT2D eigenvalue weighted by atomic mass is 31.3. The molecule has 0 amide bonds. The molecule has 1 aliphatic rings. The molecule has 0 saturated carbocycles.